The first-order valence-corrected chi connectivity index (χ1v) is 7.68. The van der Waals surface area contributed by atoms with Gasteiger partial charge in [0.05, 0.1) is 25.2 Å². The predicted octanol–water partition coefficient (Wildman–Crippen LogP) is 1.39. The Morgan fingerprint density at radius 3 is 2.33 bits per heavy atom. The predicted molar refractivity (Wildman–Crippen MR) is 78.0 cm³/mol. The van der Waals surface area contributed by atoms with Gasteiger partial charge in [-0.1, -0.05) is 13.8 Å². The quantitative estimate of drug-likeness (QED) is 0.686. The van der Waals surface area contributed by atoms with Gasteiger partial charge >= 0.3 is 5.97 Å². The summed E-state index contributed by atoms with van der Waals surface area (Å²) >= 11 is 0. The van der Waals surface area contributed by atoms with Crippen molar-refractivity contribution in [1.29, 1.82) is 0 Å². The number of aliphatic carboxylic acids is 1. The van der Waals surface area contributed by atoms with Crippen molar-refractivity contribution in [3.05, 3.63) is 0 Å². The molecule has 1 rings (SSSR count). The first-order chi connectivity index (χ1) is 9.97. The third-order valence-corrected chi connectivity index (χ3v) is 4.07. The van der Waals surface area contributed by atoms with E-state index in [0.717, 1.165) is 12.8 Å². The van der Waals surface area contributed by atoms with Crippen molar-refractivity contribution < 1.29 is 24.2 Å². The molecule has 6 nitrogen and oxygen atoms in total. The monoisotopic (exact) mass is 301 g/mol. The molecular weight excluding hydrogens is 274 g/mol. The van der Waals surface area contributed by atoms with E-state index in [4.69, 9.17) is 14.6 Å². The van der Waals surface area contributed by atoms with Crippen LogP contribution in [-0.4, -0.2) is 60.9 Å². The number of carbonyl (C=O) groups is 2. The number of carbonyl (C=O) groups excluding carboxylic acids is 1. The number of likely N-dealkylation sites (tertiary alicyclic amines) is 1. The zero-order chi connectivity index (χ0) is 15.8. The molecule has 1 saturated heterocycles. The number of piperidine rings is 1. The first kappa shape index (κ1) is 17.9. The van der Waals surface area contributed by atoms with Crippen LogP contribution in [0.15, 0.2) is 0 Å². The second kappa shape index (κ2) is 9.00. The largest absolute Gasteiger partial charge is 0.481 e. The molecular formula is C15H27NO5. The lowest BCUT2D eigenvalue weighted by Crippen LogP contribution is -2.45. The summed E-state index contributed by atoms with van der Waals surface area (Å²) in [5.41, 5.74) is 0. The van der Waals surface area contributed by atoms with E-state index < -0.39 is 17.8 Å². The summed E-state index contributed by atoms with van der Waals surface area (Å²) in [6.45, 7) is 8.35. The molecule has 0 saturated carbocycles. The highest BCUT2D eigenvalue weighted by molar-refractivity contribution is 5.84. The first-order valence-electron chi connectivity index (χ1n) is 7.68. The third-order valence-electron chi connectivity index (χ3n) is 4.07. The van der Waals surface area contributed by atoms with Gasteiger partial charge in [0.15, 0.2) is 0 Å². The molecule has 0 bridgehead atoms. The molecule has 21 heavy (non-hydrogen) atoms. The minimum Gasteiger partial charge on any atom is -0.481 e. The summed E-state index contributed by atoms with van der Waals surface area (Å²) in [5.74, 6) is -2.14. The van der Waals surface area contributed by atoms with Gasteiger partial charge < -0.3 is 19.5 Å². The lowest BCUT2D eigenvalue weighted by atomic mass is 9.93. The van der Waals surface area contributed by atoms with Crippen LogP contribution in [0.25, 0.3) is 0 Å². The van der Waals surface area contributed by atoms with Gasteiger partial charge in [0, 0.05) is 25.6 Å². The molecule has 2 unspecified atom stereocenters. The van der Waals surface area contributed by atoms with Crippen molar-refractivity contribution >= 4 is 11.9 Å². The zero-order valence-corrected chi connectivity index (χ0v) is 13.2. The van der Waals surface area contributed by atoms with Crippen LogP contribution in [0.1, 0.15) is 33.6 Å². The normalized spacial score (nSPS) is 19.3. The molecule has 6 heteroatoms. The Hall–Kier alpha value is -1.14. The smallest absolute Gasteiger partial charge is 0.307 e. The molecule has 0 aromatic carbocycles. The van der Waals surface area contributed by atoms with Crippen LogP contribution >= 0.6 is 0 Å². The molecule has 0 spiro atoms. The fourth-order valence-corrected chi connectivity index (χ4v) is 2.38. The number of ether oxygens (including phenoxy) is 2. The van der Waals surface area contributed by atoms with E-state index in [1.54, 1.807) is 18.7 Å². The van der Waals surface area contributed by atoms with E-state index in [0.29, 0.717) is 32.9 Å². The Morgan fingerprint density at radius 1 is 1.19 bits per heavy atom. The molecule has 1 N–H and O–H groups in total. The Bertz CT molecular complexity index is 339. The molecule has 2 atom stereocenters. The number of carboxylic acid groups (broad SMARTS) is 1. The second-order valence-corrected chi connectivity index (χ2v) is 5.51. The summed E-state index contributed by atoms with van der Waals surface area (Å²) in [6, 6.07) is 0. The lowest BCUT2D eigenvalue weighted by molar-refractivity contribution is -0.150. The van der Waals surface area contributed by atoms with Crippen LogP contribution in [0.2, 0.25) is 0 Å². The van der Waals surface area contributed by atoms with Crippen LogP contribution < -0.4 is 0 Å². The molecule has 1 aliphatic rings. The number of hydrogen-bond acceptors (Lipinski definition) is 4. The maximum Gasteiger partial charge on any atom is 0.307 e. The van der Waals surface area contributed by atoms with Crippen molar-refractivity contribution in [3.8, 4) is 0 Å². The van der Waals surface area contributed by atoms with Gasteiger partial charge in [-0.3, -0.25) is 9.59 Å². The molecule has 1 amide bonds. The van der Waals surface area contributed by atoms with E-state index in [2.05, 4.69) is 0 Å². The Labute approximate surface area is 126 Å². The zero-order valence-electron chi connectivity index (χ0n) is 13.2. The van der Waals surface area contributed by atoms with Gasteiger partial charge in [0.1, 0.15) is 0 Å². The van der Waals surface area contributed by atoms with Crippen LogP contribution in [0.4, 0.5) is 0 Å². The number of rotatable bonds is 8. The van der Waals surface area contributed by atoms with E-state index in [-0.39, 0.29) is 12.0 Å². The van der Waals surface area contributed by atoms with Crippen molar-refractivity contribution in [1.82, 2.24) is 4.90 Å². The van der Waals surface area contributed by atoms with Gasteiger partial charge in [0.2, 0.25) is 5.91 Å². The summed E-state index contributed by atoms with van der Waals surface area (Å²) in [6.07, 6.45) is 1.76. The van der Waals surface area contributed by atoms with Crippen molar-refractivity contribution in [2.24, 2.45) is 11.8 Å². The number of amides is 1. The Balaban J connectivity index is 2.32. The standard InChI is InChI=1S/C15H27NO5/c1-4-20-9-10-21-13-5-7-16(8-6-13)14(17)11(2)12(3)15(18)19/h11-13H,4-10H2,1-3H3,(H,18,19). The Morgan fingerprint density at radius 2 is 1.81 bits per heavy atom. The minimum absolute atomic E-state index is 0.0716. The topological polar surface area (TPSA) is 76.1 Å². The summed E-state index contributed by atoms with van der Waals surface area (Å²) in [4.78, 5) is 25.0. The number of carboxylic acids is 1. The molecule has 1 aliphatic heterocycles. The fourth-order valence-electron chi connectivity index (χ4n) is 2.38. The van der Waals surface area contributed by atoms with Crippen LogP contribution in [-0.2, 0) is 19.1 Å². The summed E-state index contributed by atoms with van der Waals surface area (Å²) < 4.78 is 10.9. The highest BCUT2D eigenvalue weighted by atomic mass is 16.5. The van der Waals surface area contributed by atoms with E-state index in [1.807, 2.05) is 6.92 Å². The molecule has 0 aromatic rings. The van der Waals surface area contributed by atoms with E-state index in [9.17, 15) is 9.59 Å². The van der Waals surface area contributed by atoms with Gasteiger partial charge in [-0.05, 0) is 19.8 Å². The van der Waals surface area contributed by atoms with Crippen molar-refractivity contribution in [3.63, 3.8) is 0 Å². The minimum atomic E-state index is -0.926. The maximum absolute atomic E-state index is 12.3. The van der Waals surface area contributed by atoms with Crippen LogP contribution in [0.3, 0.4) is 0 Å². The lowest BCUT2D eigenvalue weighted by Gasteiger charge is -2.34. The third kappa shape index (κ3) is 5.63. The molecule has 122 valence electrons. The second-order valence-electron chi connectivity index (χ2n) is 5.51. The van der Waals surface area contributed by atoms with Crippen LogP contribution in [0.5, 0.6) is 0 Å². The van der Waals surface area contributed by atoms with E-state index in [1.165, 1.54) is 0 Å². The number of nitrogens with zero attached hydrogens (tertiary/aromatic N) is 1. The van der Waals surface area contributed by atoms with Crippen LogP contribution in [0, 0.1) is 11.8 Å². The molecule has 1 heterocycles. The summed E-state index contributed by atoms with van der Waals surface area (Å²) in [5, 5.41) is 8.98. The maximum atomic E-state index is 12.3. The number of hydrogen-bond donors (Lipinski definition) is 1. The van der Waals surface area contributed by atoms with Gasteiger partial charge in [-0.15, -0.1) is 0 Å². The average Bonchev–Trinajstić information content (AvgIpc) is 2.50. The highest BCUT2D eigenvalue weighted by Gasteiger charge is 2.31. The van der Waals surface area contributed by atoms with Gasteiger partial charge in [-0.25, -0.2) is 0 Å². The molecule has 1 fully saturated rings. The highest BCUT2D eigenvalue weighted by Crippen LogP contribution is 2.19. The van der Waals surface area contributed by atoms with E-state index >= 15 is 0 Å². The molecule has 0 radical (unpaired) electrons. The Kier molecular flexibility index (Phi) is 7.67. The molecule has 0 aromatic heterocycles. The summed E-state index contributed by atoms with van der Waals surface area (Å²) in [7, 11) is 0. The SMILES string of the molecule is CCOCCOC1CCN(C(=O)C(C)C(C)C(=O)O)CC1. The van der Waals surface area contributed by atoms with Crippen molar-refractivity contribution in [2.45, 2.75) is 39.7 Å². The molecule has 0 aliphatic carbocycles. The van der Waals surface area contributed by atoms with Gasteiger partial charge in [0.25, 0.3) is 0 Å². The van der Waals surface area contributed by atoms with Gasteiger partial charge in [-0.2, -0.15) is 0 Å². The fraction of sp³-hybridized carbons (Fsp3) is 0.867. The average molecular weight is 301 g/mol. The van der Waals surface area contributed by atoms with Crippen molar-refractivity contribution in [2.75, 3.05) is 32.9 Å².